The molecule has 0 amide bonds. The summed E-state index contributed by atoms with van der Waals surface area (Å²) in [5, 5.41) is 1.10. The summed E-state index contributed by atoms with van der Waals surface area (Å²) in [4.78, 5) is 15.5. The molecule has 0 radical (unpaired) electrons. The minimum absolute atomic E-state index is 0.276. The molecule has 0 N–H and O–H groups in total. The Morgan fingerprint density at radius 1 is 1.33 bits per heavy atom. The zero-order chi connectivity index (χ0) is 10.7. The van der Waals surface area contributed by atoms with Gasteiger partial charge in [0.15, 0.2) is 0 Å². The fraction of sp³-hybridized carbons (Fsp3) is 0.231. The van der Waals surface area contributed by atoms with E-state index in [1.165, 1.54) is 0 Å². The topological polar surface area (TPSA) is 30.0 Å². The van der Waals surface area contributed by atoms with E-state index >= 15 is 0 Å². The molecule has 0 atom stereocenters. The number of rotatable bonds is 3. The monoisotopic (exact) mass is 199 g/mol. The van der Waals surface area contributed by atoms with Gasteiger partial charge < -0.3 is 0 Å². The van der Waals surface area contributed by atoms with E-state index in [4.69, 9.17) is 0 Å². The van der Waals surface area contributed by atoms with Gasteiger partial charge in [-0.15, -0.1) is 0 Å². The van der Waals surface area contributed by atoms with Crippen LogP contribution in [0.2, 0.25) is 0 Å². The molecule has 2 aromatic rings. The number of aromatic nitrogens is 1. The van der Waals surface area contributed by atoms with E-state index in [0.29, 0.717) is 12.8 Å². The van der Waals surface area contributed by atoms with Gasteiger partial charge in [0.25, 0.3) is 0 Å². The van der Waals surface area contributed by atoms with E-state index in [-0.39, 0.29) is 5.78 Å². The Labute approximate surface area is 89.0 Å². The van der Waals surface area contributed by atoms with Crippen LogP contribution in [0, 0.1) is 0 Å². The second-order valence-electron chi connectivity index (χ2n) is 3.60. The van der Waals surface area contributed by atoms with Crippen molar-refractivity contribution in [3.05, 3.63) is 42.1 Å². The van der Waals surface area contributed by atoms with E-state index in [2.05, 4.69) is 4.98 Å². The van der Waals surface area contributed by atoms with Gasteiger partial charge in [0.2, 0.25) is 0 Å². The van der Waals surface area contributed by atoms with Gasteiger partial charge in [-0.1, -0.05) is 19.1 Å². The van der Waals surface area contributed by atoms with E-state index < -0.39 is 0 Å². The van der Waals surface area contributed by atoms with Crippen molar-refractivity contribution in [2.45, 2.75) is 19.8 Å². The van der Waals surface area contributed by atoms with E-state index in [9.17, 15) is 4.79 Å². The molecule has 0 fully saturated rings. The number of nitrogens with zero attached hydrogens (tertiary/aromatic N) is 1. The number of pyridine rings is 1. The molecule has 15 heavy (non-hydrogen) atoms. The number of carbonyl (C=O) groups excluding carboxylic acids is 1. The number of hydrogen-bond donors (Lipinski definition) is 0. The van der Waals surface area contributed by atoms with Crippen LogP contribution in [-0.4, -0.2) is 10.8 Å². The highest BCUT2D eigenvalue weighted by Crippen LogP contribution is 2.14. The van der Waals surface area contributed by atoms with Crippen molar-refractivity contribution >= 4 is 16.7 Å². The maximum atomic E-state index is 11.3. The Hall–Kier alpha value is -1.70. The van der Waals surface area contributed by atoms with Crippen molar-refractivity contribution in [3.8, 4) is 0 Å². The molecular weight excluding hydrogens is 186 g/mol. The fourth-order valence-electron chi connectivity index (χ4n) is 1.59. The maximum absolute atomic E-state index is 11.3. The predicted octanol–water partition coefficient (Wildman–Crippen LogP) is 2.76. The first-order chi connectivity index (χ1) is 7.29. The minimum atomic E-state index is 0.276. The summed E-state index contributed by atoms with van der Waals surface area (Å²) in [5.41, 5.74) is 2.05. The molecule has 2 heteroatoms. The number of hydrogen-bond acceptors (Lipinski definition) is 2. The SMILES string of the molecule is CCC(=O)Cc1ccc2ncccc2c1. The third-order valence-electron chi connectivity index (χ3n) is 2.46. The van der Waals surface area contributed by atoms with Crippen LogP contribution in [0.5, 0.6) is 0 Å². The maximum Gasteiger partial charge on any atom is 0.136 e. The molecule has 0 bridgehead atoms. The molecule has 2 nitrogen and oxygen atoms in total. The van der Waals surface area contributed by atoms with Crippen molar-refractivity contribution < 1.29 is 4.79 Å². The van der Waals surface area contributed by atoms with Gasteiger partial charge in [0.1, 0.15) is 5.78 Å². The van der Waals surface area contributed by atoms with Crippen LogP contribution < -0.4 is 0 Å². The molecule has 76 valence electrons. The zero-order valence-corrected chi connectivity index (χ0v) is 8.73. The van der Waals surface area contributed by atoms with Crippen LogP contribution >= 0.6 is 0 Å². The standard InChI is InChI=1S/C13H13NO/c1-2-12(15)9-10-5-6-13-11(8-10)4-3-7-14-13/h3-8H,2,9H2,1H3. The Bertz CT molecular complexity index is 491. The first-order valence-corrected chi connectivity index (χ1v) is 5.15. The summed E-state index contributed by atoms with van der Waals surface area (Å²) in [6.45, 7) is 1.89. The summed E-state index contributed by atoms with van der Waals surface area (Å²) in [6, 6.07) is 9.91. The molecule has 1 aromatic carbocycles. The third-order valence-corrected chi connectivity index (χ3v) is 2.46. The Balaban J connectivity index is 2.34. The van der Waals surface area contributed by atoms with Crippen LogP contribution in [0.1, 0.15) is 18.9 Å². The molecule has 0 aliphatic heterocycles. The molecule has 2 rings (SSSR count). The fourth-order valence-corrected chi connectivity index (χ4v) is 1.59. The van der Waals surface area contributed by atoms with Gasteiger partial charge >= 0.3 is 0 Å². The highest BCUT2D eigenvalue weighted by molar-refractivity contribution is 5.84. The largest absolute Gasteiger partial charge is 0.299 e. The lowest BCUT2D eigenvalue weighted by atomic mass is 10.1. The van der Waals surface area contributed by atoms with Crippen LogP contribution in [0.4, 0.5) is 0 Å². The van der Waals surface area contributed by atoms with Crippen molar-refractivity contribution in [1.29, 1.82) is 0 Å². The van der Waals surface area contributed by atoms with Gasteiger partial charge in [-0.25, -0.2) is 0 Å². The minimum Gasteiger partial charge on any atom is -0.299 e. The lowest BCUT2D eigenvalue weighted by molar-refractivity contribution is -0.118. The molecule has 0 aliphatic carbocycles. The quantitative estimate of drug-likeness (QED) is 0.760. The summed E-state index contributed by atoms with van der Waals surface area (Å²) < 4.78 is 0. The van der Waals surface area contributed by atoms with Gasteiger partial charge in [-0.2, -0.15) is 0 Å². The third kappa shape index (κ3) is 2.21. The Morgan fingerprint density at radius 2 is 2.20 bits per heavy atom. The molecule has 1 heterocycles. The Kier molecular flexibility index (Phi) is 2.77. The van der Waals surface area contributed by atoms with Gasteiger partial charge in [-0.3, -0.25) is 9.78 Å². The first kappa shape index (κ1) is 9.84. The normalized spacial score (nSPS) is 10.5. The summed E-state index contributed by atoms with van der Waals surface area (Å²) in [7, 11) is 0. The second-order valence-corrected chi connectivity index (χ2v) is 3.60. The number of ketones is 1. The molecular formula is C13H13NO. The van der Waals surface area contributed by atoms with Crippen LogP contribution in [0.25, 0.3) is 10.9 Å². The second kappa shape index (κ2) is 4.22. The lowest BCUT2D eigenvalue weighted by Gasteiger charge is -2.01. The lowest BCUT2D eigenvalue weighted by Crippen LogP contribution is -1.99. The number of Topliss-reactive ketones (excluding diaryl/α,β-unsaturated/α-hetero) is 1. The number of carbonyl (C=O) groups is 1. The Morgan fingerprint density at radius 3 is 3.00 bits per heavy atom. The van der Waals surface area contributed by atoms with Crippen molar-refractivity contribution in [2.75, 3.05) is 0 Å². The smallest absolute Gasteiger partial charge is 0.136 e. The van der Waals surface area contributed by atoms with Crippen LogP contribution in [-0.2, 0) is 11.2 Å². The molecule has 0 unspecified atom stereocenters. The zero-order valence-electron chi connectivity index (χ0n) is 8.73. The molecule has 0 saturated heterocycles. The van der Waals surface area contributed by atoms with Crippen molar-refractivity contribution in [2.24, 2.45) is 0 Å². The highest BCUT2D eigenvalue weighted by Gasteiger charge is 2.01. The average molecular weight is 199 g/mol. The summed E-state index contributed by atoms with van der Waals surface area (Å²) >= 11 is 0. The first-order valence-electron chi connectivity index (χ1n) is 5.15. The number of benzene rings is 1. The van der Waals surface area contributed by atoms with E-state index in [0.717, 1.165) is 16.5 Å². The van der Waals surface area contributed by atoms with Crippen molar-refractivity contribution in [1.82, 2.24) is 4.98 Å². The average Bonchev–Trinajstić information content (AvgIpc) is 2.29. The van der Waals surface area contributed by atoms with E-state index in [1.807, 2.05) is 37.3 Å². The van der Waals surface area contributed by atoms with E-state index in [1.54, 1.807) is 6.20 Å². The molecule has 0 saturated carbocycles. The number of fused-ring (bicyclic) bond motifs is 1. The highest BCUT2D eigenvalue weighted by atomic mass is 16.1. The summed E-state index contributed by atoms with van der Waals surface area (Å²) in [6.07, 6.45) is 2.91. The van der Waals surface area contributed by atoms with Gasteiger partial charge in [0, 0.05) is 24.4 Å². The van der Waals surface area contributed by atoms with Crippen LogP contribution in [0.3, 0.4) is 0 Å². The van der Waals surface area contributed by atoms with Crippen LogP contribution in [0.15, 0.2) is 36.5 Å². The molecule has 0 aliphatic rings. The van der Waals surface area contributed by atoms with Gasteiger partial charge in [-0.05, 0) is 23.8 Å². The van der Waals surface area contributed by atoms with Crippen molar-refractivity contribution in [3.63, 3.8) is 0 Å². The van der Waals surface area contributed by atoms with Gasteiger partial charge in [0.05, 0.1) is 5.52 Å². The summed E-state index contributed by atoms with van der Waals surface area (Å²) in [5.74, 6) is 0.276. The molecule has 0 spiro atoms. The predicted molar refractivity (Wildman–Crippen MR) is 60.7 cm³/mol. The molecule has 1 aromatic heterocycles.